The van der Waals surface area contributed by atoms with Crippen molar-refractivity contribution >= 4 is 11.6 Å². The average molecular weight is 363 g/mol. The molecular formula is C18H16F3N3O2. The number of carbonyl (C=O) groups excluding carboxylic acids is 1. The molecule has 2 aromatic rings. The first kappa shape index (κ1) is 18.1. The van der Waals surface area contributed by atoms with E-state index < -0.39 is 24.2 Å². The largest absolute Gasteiger partial charge is 0.438 e. The lowest BCUT2D eigenvalue weighted by Gasteiger charge is -2.32. The van der Waals surface area contributed by atoms with E-state index in [-0.39, 0.29) is 17.1 Å². The van der Waals surface area contributed by atoms with Gasteiger partial charge in [-0.1, -0.05) is 35.9 Å². The summed E-state index contributed by atoms with van der Waals surface area (Å²) in [5, 5.41) is 14.2. The van der Waals surface area contributed by atoms with Crippen molar-refractivity contribution in [1.29, 1.82) is 0 Å². The SMILES string of the molecule is Cc1ccc(CC(=O)N2N=C(c3cccnc3)C[C@]2(O)C(F)(F)F)cc1. The maximum absolute atomic E-state index is 13.5. The zero-order chi connectivity index (χ0) is 18.9. The normalized spacial score (nSPS) is 20.2. The molecule has 1 amide bonds. The minimum atomic E-state index is -5.05. The Bertz CT molecular complexity index is 835. The minimum absolute atomic E-state index is 0.0461. The highest BCUT2D eigenvalue weighted by molar-refractivity contribution is 6.03. The van der Waals surface area contributed by atoms with E-state index in [9.17, 15) is 23.1 Å². The van der Waals surface area contributed by atoms with Gasteiger partial charge in [-0.2, -0.15) is 23.3 Å². The second-order valence-electron chi connectivity index (χ2n) is 6.15. The van der Waals surface area contributed by atoms with Gasteiger partial charge in [-0.05, 0) is 18.6 Å². The van der Waals surface area contributed by atoms with Gasteiger partial charge in [0, 0.05) is 18.0 Å². The minimum Gasteiger partial charge on any atom is -0.362 e. The first-order valence-electron chi connectivity index (χ1n) is 7.86. The number of aromatic nitrogens is 1. The Morgan fingerprint density at radius 1 is 1.27 bits per heavy atom. The van der Waals surface area contributed by atoms with E-state index >= 15 is 0 Å². The third-order valence-electron chi connectivity index (χ3n) is 4.15. The van der Waals surface area contributed by atoms with Crippen LogP contribution in [0, 0.1) is 6.92 Å². The summed E-state index contributed by atoms with van der Waals surface area (Å²) < 4.78 is 40.5. The molecule has 26 heavy (non-hydrogen) atoms. The van der Waals surface area contributed by atoms with Crippen molar-refractivity contribution in [2.24, 2.45) is 5.10 Å². The standard InChI is InChI=1S/C18H16F3N3O2/c1-12-4-6-13(7-5-12)9-16(25)24-17(26,18(19,20)21)10-15(23-24)14-3-2-8-22-11-14/h2-8,11,26H,9-10H2,1H3/t17-/m0/s1. The molecule has 3 rings (SSSR count). The molecule has 0 fully saturated rings. The number of hydrogen-bond acceptors (Lipinski definition) is 4. The van der Waals surface area contributed by atoms with Crippen LogP contribution in [0.15, 0.2) is 53.9 Å². The molecule has 1 aliphatic heterocycles. The van der Waals surface area contributed by atoms with Gasteiger partial charge in [0.15, 0.2) is 0 Å². The van der Waals surface area contributed by atoms with Crippen LogP contribution in [0.2, 0.25) is 0 Å². The van der Waals surface area contributed by atoms with Gasteiger partial charge in [-0.25, -0.2) is 0 Å². The zero-order valence-electron chi connectivity index (χ0n) is 13.9. The van der Waals surface area contributed by atoms with Crippen LogP contribution in [0.3, 0.4) is 0 Å². The van der Waals surface area contributed by atoms with E-state index in [0.29, 0.717) is 11.1 Å². The van der Waals surface area contributed by atoms with Crippen LogP contribution in [0.1, 0.15) is 23.1 Å². The van der Waals surface area contributed by atoms with E-state index in [4.69, 9.17) is 0 Å². The van der Waals surface area contributed by atoms with Crippen LogP contribution < -0.4 is 0 Å². The Hall–Kier alpha value is -2.74. The number of alkyl halides is 3. The summed E-state index contributed by atoms with van der Waals surface area (Å²) in [5.74, 6) is -0.937. The van der Waals surface area contributed by atoms with Crippen molar-refractivity contribution in [2.45, 2.75) is 31.7 Å². The smallest absolute Gasteiger partial charge is 0.362 e. The van der Waals surface area contributed by atoms with Gasteiger partial charge in [-0.15, -0.1) is 0 Å². The first-order chi connectivity index (χ1) is 12.2. The third-order valence-corrected chi connectivity index (χ3v) is 4.15. The summed E-state index contributed by atoms with van der Waals surface area (Å²) in [5.41, 5.74) is -1.60. The number of benzene rings is 1. The number of hydrogen-bond donors (Lipinski definition) is 1. The maximum Gasteiger partial charge on any atom is 0.438 e. The van der Waals surface area contributed by atoms with E-state index in [0.717, 1.165) is 5.56 Å². The molecule has 136 valence electrons. The van der Waals surface area contributed by atoms with Crippen molar-refractivity contribution in [3.63, 3.8) is 0 Å². The van der Waals surface area contributed by atoms with Gasteiger partial charge < -0.3 is 5.11 Å². The molecule has 0 saturated carbocycles. The van der Waals surface area contributed by atoms with Gasteiger partial charge in [0.25, 0.3) is 5.72 Å². The van der Waals surface area contributed by atoms with Crippen molar-refractivity contribution in [3.8, 4) is 0 Å². The highest BCUT2D eigenvalue weighted by Gasteiger charge is 2.63. The molecule has 8 heteroatoms. The van der Waals surface area contributed by atoms with Crippen LogP contribution in [-0.2, 0) is 11.2 Å². The zero-order valence-corrected chi connectivity index (χ0v) is 13.9. The molecule has 1 aromatic carbocycles. The van der Waals surface area contributed by atoms with Crippen LogP contribution in [-0.4, -0.2) is 38.6 Å². The van der Waals surface area contributed by atoms with Gasteiger partial charge in [0.2, 0.25) is 5.91 Å². The number of pyridine rings is 1. The molecule has 0 radical (unpaired) electrons. The lowest BCUT2D eigenvalue weighted by atomic mass is 10.0. The number of aliphatic hydroxyl groups is 1. The lowest BCUT2D eigenvalue weighted by molar-refractivity contribution is -0.302. The molecule has 0 aliphatic carbocycles. The van der Waals surface area contributed by atoms with Gasteiger partial charge in [0.1, 0.15) is 0 Å². The van der Waals surface area contributed by atoms with Crippen molar-refractivity contribution in [1.82, 2.24) is 9.99 Å². The summed E-state index contributed by atoms with van der Waals surface area (Å²) in [6.45, 7) is 1.86. The first-order valence-corrected chi connectivity index (χ1v) is 7.86. The predicted molar refractivity (Wildman–Crippen MR) is 88.1 cm³/mol. The molecule has 0 bridgehead atoms. The lowest BCUT2D eigenvalue weighted by Crippen LogP contribution is -2.57. The van der Waals surface area contributed by atoms with Crippen LogP contribution in [0.25, 0.3) is 0 Å². The average Bonchev–Trinajstić information content (AvgIpc) is 2.97. The fraction of sp³-hybridized carbons (Fsp3) is 0.278. The molecule has 1 aliphatic rings. The highest BCUT2D eigenvalue weighted by Crippen LogP contribution is 2.41. The number of hydrazone groups is 1. The quantitative estimate of drug-likeness (QED) is 0.912. The maximum atomic E-state index is 13.5. The van der Waals surface area contributed by atoms with Gasteiger partial charge in [0.05, 0.1) is 18.6 Å². The number of nitrogens with zero attached hydrogens (tertiary/aromatic N) is 3. The monoisotopic (exact) mass is 363 g/mol. The summed E-state index contributed by atoms with van der Waals surface area (Å²) >= 11 is 0. The molecule has 1 N–H and O–H groups in total. The second kappa shape index (κ2) is 6.53. The molecule has 0 unspecified atom stereocenters. The Labute approximate surface area is 147 Å². The summed E-state index contributed by atoms with van der Waals surface area (Å²) in [6, 6.07) is 9.89. The Kier molecular flexibility index (Phi) is 4.53. The van der Waals surface area contributed by atoms with Crippen LogP contribution in [0.4, 0.5) is 13.2 Å². The van der Waals surface area contributed by atoms with Crippen LogP contribution >= 0.6 is 0 Å². The van der Waals surface area contributed by atoms with E-state index in [1.54, 1.807) is 30.3 Å². The number of rotatable bonds is 3. The summed E-state index contributed by atoms with van der Waals surface area (Å²) in [6.07, 6.45) is -3.40. The Balaban J connectivity index is 1.93. The topological polar surface area (TPSA) is 65.8 Å². The summed E-state index contributed by atoms with van der Waals surface area (Å²) in [7, 11) is 0. The van der Waals surface area contributed by atoms with E-state index in [1.165, 1.54) is 18.5 Å². The second-order valence-corrected chi connectivity index (χ2v) is 6.15. The molecule has 0 spiro atoms. The number of amides is 1. The van der Waals surface area contributed by atoms with Gasteiger partial charge >= 0.3 is 6.18 Å². The van der Waals surface area contributed by atoms with Crippen molar-refractivity contribution in [3.05, 3.63) is 65.5 Å². The van der Waals surface area contributed by atoms with E-state index in [1.807, 2.05) is 6.92 Å². The Morgan fingerprint density at radius 3 is 2.54 bits per heavy atom. The molecule has 0 saturated heterocycles. The van der Waals surface area contributed by atoms with Gasteiger partial charge in [-0.3, -0.25) is 9.78 Å². The molecule has 5 nitrogen and oxygen atoms in total. The third kappa shape index (κ3) is 3.32. The fourth-order valence-electron chi connectivity index (χ4n) is 2.68. The van der Waals surface area contributed by atoms with E-state index in [2.05, 4.69) is 10.1 Å². The number of halogens is 3. The van der Waals surface area contributed by atoms with Crippen molar-refractivity contribution < 1.29 is 23.1 Å². The molecular weight excluding hydrogens is 347 g/mol. The number of aryl methyl sites for hydroxylation is 1. The molecule has 1 atom stereocenters. The fourth-order valence-corrected chi connectivity index (χ4v) is 2.68. The predicted octanol–water partition coefficient (Wildman–Crippen LogP) is 2.82. The molecule has 1 aromatic heterocycles. The summed E-state index contributed by atoms with van der Waals surface area (Å²) in [4.78, 5) is 16.3. The molecule has 2 heterocycles. The Morgan fingerprint density at radius 2 is 1.96 bits per heavy atom. The van der Waals surface area contributed by atoms with Crippen LogP contribution in [0.5, 0.6) is 0 Å². The highest BCUT2D eigenvalue weighted by atomic mass is 19.4. The number of carbonyl (C=O) groups is 1. The van der Waals surface area contributed by atoms with Crippen molar-refractivity contribution in [2.75, 3.05) is 0 Å².